The molecule has 200 valence electrons. The molecule has 9 aromatic rings. The number of fused-ring (bicyclic) bond motifs is 7. The van der Waals surface area contributed by atoms with Crippen molar-refractivity contribution >= 4 is 49.1 Å². The van der Waals surface area contributed by atoms with Crippen LogP contribution in [-0.4, -0.2) is 14.0 Å². The Morgan fingerprint density at radius 2 is 1.40 bits per heavy atom. The monoisotopic (exact) mass is 717 g/mol. The second-order valence-corrected chi connectivity index (χ2v) is 10.1. The van der Waals surface area contributed by atoms with Gasteiger partial charge in [0.2, 0.25) is 6.33 Å². The number of aryl methyl sites for hydroxylation is 1. The van der Waals surface area contributed by atoms with Crippen molar-refractivity contribution in [3.05, 3.63) is 146 Å². The molecule has 42 heavy (non-hydrogen) atoms. The number of nitrogens with zero attached hydrogens (tertiary/aromatic N) is 4. The molecule has 0 bridgehead atoms. The fourth-order valence-corrected chi connectivity index (χ4v) is 5.94. The van der Waals surface area contributed by atoms with Crippen LogP contribution in [0.2, 0.25) is 0 Å². The van der Waals surface area contributed by atoms with Crippen molar-refractivity contribution in [3.63, 3.8) is 0 Å². The Hall–Kier alpha value is -4.83. The van der Waals surface area contributed by atoms with Crippen LogP contribution in [-0.2, 0) is 27.2 Å². The van der Waals surface area contributed by atoms with E-state index >= 15 is 0 Å². The first-order chi connectivity index (χ1) is 20.3. The fraction of sp³-hybridized carbons (Fsp3) is 0.0270. The van der Waals surface area contributed by atoms with Crippen LogP contribution < -0.4 is 4.57 Å². The van der Waals surface area contributed by atoms with E-state index in [4.69, 9.17) is 0 Å². The number of aromatic nitrogens is 4. The summed E-state index contributed by atoms with van der Waals surface area (Å²) in [7, 11) is 2.03. The standard InChI is InChI=1S/C26H16N3.C11H8N.Ir/c1-27-16-28(24-12-5-4-11-23(24)27)17-13-14-19-21-9-6-8-20-18-7-2-3-10-22(18)29(26(20)21)25(19)15-17;1-2-6-10(7-3-1)11-8-4-5-9-12-11;/h2-12,14-15H,1H3;1-6,8-9H;/q2*-1;+3. The third-order valence-electron chi connectivity index (χ3n) is 7.76. The first-order valence-corrected chi connectivity index (χ1v) is 13.6. The van der Waals surface area contributed by atoms with E-state index in [9.17, 15) is 0 Å². The molecule has 0 saturated carbocycles. The van der Waals surface area contributed by atoms with Gasteiger partial charge >= 0.3 is 20.1 Å². The number of hydrogen-bond donors (Lipinski definition) is 0. The van der Waals surface area contributed by atoms with E-state index in [1.807, 2.05) is 54.1 Å². The second-order valence-electron chi connectivity index (χ2n) is 10.1. The van der Waals surface area contributed by atoms with Crippen molar-refractivity contribution in [2.45, 2.75) is 0 Å². The van der Waals surface area contributed by atoms with Gasteiger partial charge in [-0.3, -0.25) is 0 Å². The summed E-state index contributed by atoms with van der Waals surface area (Å²) in [6.07, 6.45) is 5.22. The zero-order chi connectivity index (χ0) is 27.3. The summed E-state index contributed by atoms with van der Waals surface area (Å²) in [6.45, 7) is 0. The third kappa shape index (κ3) is 4.09. The third-order valence-corrected chi connectivity index (χ3v) is 7.76. The van der Waals surface area contributed by atoms with Crippen LogP contribution >= 0.6 is 0 Å². The van der Waals surface area contributed by atoms with Crippen molar-refractivity contribution in [2.24, 2.45) is 7.05 Å². The van der Waals surface area contributed by atoms with Gasteiger partial charge in [-0.25, -0.2) is 0 Å². The number of para-hydroxylation sites is 4. The Morgan fingerprint density at radius 1 is 0.667 bits per heavy atom. The molecule has 0 aliphatic rings. The summed E-state index contributed by atoms with van der Waals surface area (Å²) in [6, 6.07) is 48.3. The fourth-order valence-electron chi connectivity index (χ4n) is 5.94. The van der Waals surface area contributed by atoms with Gasteiger partial charge in [0.25, 0.3) is 0 Å². The normalized spacial score (nSPS) is 11.3. The van der Waals surface area contributed by atoms with Crippen LogP contribution in [0.4, 0.5) is 0 Å². The minimum absolute atomic E-state index is 0. The van der Waals surface area contributed by atoms with Crippen LogP contribution in [0.5, 0.6) is 0 Å². The van der Waals surface area contributed by atoms with E-state index in [0.29, 0.717) is 0 Å². The number of hydrogen-bond acceptors (Lipinski definition) is 1. The van der Waals surface area contributed by atoms with E-state index < -0.39 is 0 Å². The molecule has 0 radical (unpaired) electrons. The minimum atomic E-state index is 0. The van der Waals surface area contributed by atoms with E-state index in [0.717, 1.165) is 28.0 Å². The molecular weight excluding hydrogens is 693 g/mol. The smallest absolute Gasteiger partial charge is 0.342 e. The van der Waals surface area contributed by atoms with Crippen molar-refractivity contribution in [2.75, 3.05) is 0 Å². The number of rotatable bonds is 2. The van der Waals surface area contributed by atoms with Crippen molar-refractivity contribution < 1.29 is 24.7 Å². The van der Waals surface area contributed by atoms with Crippen LogP contribution in [0.3, 0.4) is 0 Å². The van der Waals surface area contributed by atoms with E-state index in [-0.39, 0.29) is 20.1 Å². The summed E-state index contributed by atoms with van der Waals surface area (Å²) in [4.78, 5) is 4.22. The molecule has 5 aromatic carbocycles. The molecule has 0 atom stereocenters. The van der Waals surface area contributed by atoms with Gasteiger partial charge in [0.15, 0.2) is 0 Å². The maximum Gasteiger partial charge on any atom is 3.00 e. The van der Waals surface area contributed by atoms with Crippen molar-refractivity contribution in [1.82, 2.24) is 14.0 Å². The Kier molecular flexibility index (Phi) is 6.54. The number of benzene rings is 5. The average Bonchev–Trinajstić information content (AvgIpc) is 3.69. The molecule has 5 heteroatoms. The zero-order valence-electron chi connectivity index (χ0n) is 22.7. The minimum Gasteiger partial charge on any atom is -0.342 e. The average molecular weight is 717 g/mol. The van der Waals surface area contributed by atoms with Gasteiger partial charge in [-0.05, 0) is 23.2 Å². The van der Waals surface area contributed by atoms with Crippen LogP contribution in [0, 0.1) is 18.5 Å². The number of imidazole rings is 1. The maximum absolute atomic E-state index is 4.22. The van der Waals surface area contributed by atoms with Crippen LogP contribution in [0.25, 0.3) is 66.1 Å². The van der Waals surface area contributed by atoms with Gasteiger partial charge in [-0.15, -0.1) is 47.3 Å². The summed E-state index contributed by atoms with van der Waals surface area (Å²) in [5.41, 5.74) is 9.04. The van der Waals surface area contributed by atoms with Crippen LogP contribution in [0.15, 0.2) is 128 Å². The SMILES string of the molecule is C[n+]1[c-]n(-c2[c-]cc3c4cccc5c6ccccc6n(c3c2)c54)c2ccccc21.[Ir+3].[c-]1ccccc1-c1ccccn1. The van der Waals surface area contributed by atoms with E-state index in [1.54, 1.807) is 6.20 Å². The molecule has 0 aliphatic heterocycles. The molecule has 0 amide bonds. The first kappa shape index (κ1) is 26.1. The Balaban J connectivity index is 0.000000188. The zero-order valence-corrected chi connectivity index (χ0v) is 25.1. The first-order valence-electron chi connectivity index (χ1n) is 13.6. The van der Waals surface area contributed by atoms with Gasteiger partial charge in [-0.1, -0.05) is 84.0 Å². The van der Waals surface area contributed by atoms with Gasteiger partial charge in [0, 0.05) is 22.5 Å². The maximum atomic E-state index is 4.22. The summed E-state index contributed by atoms with van der Waals surface area (Å²) in [5.74, 6) is 0. The van der Waals surface area contributed by atoms with Gasteiger partial charge in [-0.2, -0.15) is 12.1 Å². The molecule has 0 aliphatic carbocycles. The predicted octanol–water partition coefficient (Wildman–Crippen LogP) is 7.75. The Morgan fingerprint density at radius 3 is 2.21 bits per heavy atom. The predicted molar refractivity (Wildman–Crippen MR) is 165 cm³/mol. The molecular formula is C37H24IrN4+. The van der Waals surface area contributed by atoms with E-state index in [1.165, 1.54) is 38.1 Å². The second kappa shape index (κ2) is 10.5. The largest absolute Gasteiger partial charge is 3.00 e. The Bertz CT molecular complexity index is 2280. The van der Waals surface area contributed by atoms with Crippen molar-refractivity contribution in [3.8, 4) is 16.9 Å². The summed E-state index contributed by atoms with van der Waals surface area (Å²) in [5, 5.41) is 5.12. The quantitative estimate of drug-likeness (QED) is 0.133. The van der Waals surface area contributed by atoms with E-state index in [2.05, 4.69) is 111 Å². The summed E-state index contributed by atoms with van der Waals surface area (Å²) >= 11 is 0. The molecule has 0 fully saturated rings. The molecule has 4 aromatic heterocycles. The van der Waals surface area contributed by atoms with Crippen molar-refractivity contribution in [1.29, 1.82) is 0 Å². The molecule has 4 heterocycles. The molecule has 0 unspecified atom stereocenters. The van der Waals surface area contributed by atoms with Gasteiger partial charge in [0.05, 0.1) is 23.6 Å². The molecule has 4 nitrogen and oxygen atoms in total. The topological polar surface area (TPSA) is 26.1 Å². The Labute approximate surface area is 256 Å². The van der Waals surface area contributed by atoms with Gasteiger partial charge in [0.1, 0.15) is 0 Å². The van der Waals surface area contributed by atoms with Crippen LogP contribution in [0.1, 0.15) is 0 Å². The summed E-state index contributed by atoms with van der Waals surface area (Å²) < 4.78 is 6.54. The van der Waals surface area contributed by atoms with Gasteiger partial charge < -0.3 is 18.5 Å². The number of pyridine rings is 1. The molecule has 0 N–H and O–H groups in total. The molecule has 0 saturated heterocycles. The molecule has 9 rings (SSSR count). The molecule has 0 spiro atoms.